The van der Waals surface area contributed by atoms with Crippen molar-refractivity contribution in [1.82, 2.24) is 0 Å². The molecule has 0 aliphatic heterocycles. The lowest BCUT2D eigenvalue weighted by Gasteiger charge is -2.04. The monoisotopic (exact) mass is 276 g/mol. The molecular weight excluding hydrogens is 248 g/mol. The first-order valence-electron chi connectivity index (χ1n) is 6.69. The highest BCUT2D eigenvalue weighted by atomic mass is 16.5. The third-order valence-corrected chi connectivity index (χ3v) is 2.12. The molecule has 0 atom stereocenters. The number of aliphatic hydroxyl groups excluding tert-OH is 1. The van der Waals surface area contributed by atoms with Crippen molar-refractivity contribution in [3.8, 4) is 0 Å². The van der Waals surface area contributed by atoms with Crippen molar-refractivity contribution in [2.45, 2.75) is 32.6 Å². The molecule has 0 radical (unpaired) electrons. The first kappa shape index (κ1) is 20.4. The van der Waals surface area contributed by atoms with Crippen molar-refractivity contribution < 1.29 is 24.1 Å². The number of rotatable bonds is 11. The van der Waals surface area contributed by atoms with Crippen LogP contribution in [0.1, 0.15) is 32.6 Å². The van der Waals surface area contributed by atoms with E-state index in [1.165, 1.54) is 26.4 Å². The minimum Gasteiger partial charge on any atom is -0.466 e. The molecule has 0 aliphatic carbocycles. The normalized spacial score (nSPS) is 9.42. The zero-order chi connectivity index (χ0) is 14.8. The molecule has 0 unspecified atom stereocenters. The second kappa shape index (κ2) is 19.4. The van der Waals surface area contributed by atoms with Gasteiger partial charge in [0.1, 0.15) is 0 Å². The number of carbonyl (C=O) groups excluding carboxylic acids is 1. The molecule has 114 valence electrons. The third kappa shape index (κ3) is 22.7. The number of hydrogen-bond donors (Lipinski definition) is 1. The summed E-state index contributed by atoms with van der Waals surface area (Å²) in [6.45, 7) is 7.94. The predicted molar refractivity (Wildman–Crippen MR) is 75.1 cm³/mol. The summed E-state index contributed by atoms with van der Waals surface area (Å²) in [5, 5.41) is 8.40. The first-order valence-corrected chi connectivity index (χ1v) is 6.69. The van der Waals surface area contributed by atoms with E-state index in [1.54, 1.807) is 0 Å². The summed E-state index contributed by atoms with van der Waals surface area (Å²) >= 11 is 0. The summed E-state index contributed by atoms with van der Waals surface area (Å²) in [4.78, 5) is 9.84. The van der Waals surface area contributed by atoms with Crippen LogP contribution >= 0.6 is 0 Å². The maximum Gasteiger partial charge on any atom is 0.329 e. The fourth-order valence-electron chi connectivity index (χ4n) is 1.10. The Labute approximate surface area is 116 Å². The van der Waals surface area contributed by atoms with E-state index >= 15 is 0 Å². The standard InChI is InChI=1S/C10H22O3.C4H6O2/c1-2-3-4-5-7-12-9-10-13-8-6-11;1-3-4(5)6-2/h11H,2-10H2,1H3;3H,1H2,2H3. The van der Waals surface area contributed by atoms with Crippen LogP contribution in [-0.4, -0.2) is 51.2 Å². The van der Waals surface area contributed by atoms with Crippen molar-refractivity contribution in [3.63, 3.8) is 0 Å². The number of ether oxygens (including phenoxy) is 3. The van der Waals surface area contributed by atoms with Gasteiger partial charge in [0.05, 0.1) is 33.5 Å². The summed E-state index contributed by atoms with van der Waals surface area (Å²) in [6.07, 6.45) is 6.08. The molecule has 0 aromatic carbocycles. The zero-order valence-corrected chi connectivity index (χ0v) is 12.2. The number of unbranched alkanes of at least 4 members (excludes halogenated alkanes) is 3. The molecule has 0 rings (SSSR count). The van der Waals surface area contributed by atoms with Crippen LogP contribution in [0.4, 0.5) is 0 Å². The Morgan fingerprint density at radius 2 is 1.74 bits per heavy atom. The maximum atomic E-state index is 9.84. The summed E-state index contributed by atoms with van der Waals surface area (Å²) in [7, 11) is 1.31. The smallest absolute Gasteiger partial charge is 0.329 e. The fourth-order valence-corrected chi connectivity index (χ4v) is 1.10. The zero-order valence-electron chi connectivity index (χ0n) is 12.2. The van der Waals surface area contributed by atoms with E-state index in [0.29, 0.717) is 19.8 Å². The summed E-state index contributed by atoms with van der Waals surface area (Å²) in [5.74, 6) is -0.394. The van der Waals surface area contributed by atoms with Gasteiger partial charge in [0.2, 0.25) is 0 Å². The molecular formula is C14H28O5. The third-order valence-electron chi connectivity index (χ3n) is 2.12. The van der Waals surface area contributed by atoms with Crippen LogP contribution in [0.5, 0.6) is 0 Å². The van der Waals surface area contributed by atoms with Crippen LogP contribution in [-0.2, 0) is 19.0 Å². The first-order chi connectivity index (χ1) is 9.22. The molecule has 0 aromatic rings. The molecule has 0 fully saturated rings. The van der Waals surface area contributed by atoms with Crippen LogP contribution < -0.4 is 0 Å². The molecule has 0 saturated heterocycles. The summed E-state index contributed by atoms with van der Waals surface area (Å²) < 4.78 is 14.5. The van der Waals surface area contributed by atoms with Crippen LogP contribution in [0, 0.1) is 0 Å². The van der Waals surface area contributed by atoms with Gasteiger partial charge in [0.15, 0.2) is 0 Å². The minimum absolute atomic E-state index is 0.0938. The second-order valence-electron chi connectivity index (χ2n) is 3.74. The highest BCUT2D eigenvalue weighted by Gasteiger charge is 1.90. The van der Waals surface area contributed by atoms with E-state index in [4.69, 9.17) is 14.6 Å². The lowest BCUT2D eigenvalue weighted by atomic mass is 10.2. The van der Waals surface area contributed by atoms with Crippen molar-refractivity contribution in [3.05, 3.63) is 12.7 Å². The van der Waals surface area contributed by atoms with Crippen molar-refractivity contribution >= 4 is 5.97 Å². The van der Waals surface area contributed by atoms with Gasteiger partial charge < -0.3 is 19.3 Å². The minimum atomic E-state index is -0.394. The van der Waals surface area contributed by atoms with Crippen LogP contribution in [0.3, 0.4) is 0 Å². The molecule has 0 aliphatic rings. The average molecular weight is 276 g/mol. The molecule has 5 heteroatoms. The van der Waals surface area contributed by atoms with Crippen molar-refractivity contribution in [2.24, 2.45) is 0 Å². The number of aliphatic hydroxyl groups is 1. The number of carbonyl (C=O) groups is 1. The van der Waals surface area contributed by atoms with Crippen LogP contribution in [0.25, 0.3) is 0 Å². The van der Waals surface area contributed by atoms with Crippen molar-refractivity contribution in [2.75, 3.05) is 40.1 Å². The van der Waals surface area contributed by atoms with Gasteiger partial charge in [-0.05, 0) is 6.42 Å². The quantitative estimate of drug-likeness (QED) is 0.355. The number of esters is 1. The van der Waals surface area contributed by atoms with E-state index in [9.17, 15) is 4.79 Å². The lowest BCUT2D eigenvalue weighted by Crippen LogP contribution is -2.07. The van der Waals surface area contributed by atoms with Gasteiger partial charge in [-0.1, -0.05) is 32.8 Å². The molecule has 0 spiro atoms. The van der Waals surface area contributed by atoms with E-state index < -0.39 is 5.97 Å². The van der Waals surface area contributed by atoms with Gasteiger partial charge in [0.25, 0.3) is 0 Å². The van der Waals surface area contributed by atoms with Crippen LogP contribution in [0.15, 0.2) is 12.7 Å². The Kier molecular flexibility index (Phi) is 20.9. The Balaban J connectivity index is 0. The molecule has 0 bridgehead atoms. The topological polar surface area (TPSA) is 65.0 Å². The van der Waals surface area contributed by atoms with Crippen LogP contribution in [0.2, 0.25) is 0 Å². The van der Waals surface area contributed by atoms with Gasteiger partial charge in [-0.15, -0.1) is 0 Å². The largest absolute Gasteiger partial charge is 0.466 e. The van der Waals surface area contributed by atoms with Gasteiger partial charge in [0, 0.05) is 12.7 Å². The number of methoxy groups -OCH3 is 1. The number of hydrogen-bond acceptors (Lipinski definition) is 5. The summed E-state index contributed by atoms with van der Waals surface area (Å²) in [6, 6.07) is 0. The van der Waals surface area contributed by atoms with Gasteiger partial charge in [-0.3, -0.25) is 0 Å². The Morgan fingerprint density at radius 1 is 1.11 bits per heavy atom. The highest BCUT2D eigenvalue weighted by Crippen LogP contribution is 1.98. The van der Waals surface area contributed by atoms with Gasteiger partial charge in [-0.2, -0.15) is 0 Å². The molecule has 0 saturated carbocycles. The molecule has 1 N–H and O–H groups in total. The van der Waals surface area contributed by atoms with Gasteiger partial charge in [-0.25, -0.2) is 4.79 Å². The molecule has 19 heavy (non-hydrogen) atoms. The molecule has 5 nitrogen and oxygen atoms in total. The van der Waals surface area contributed by atoms with Gasteiger partial charge >= 0.3 is 5.97 Å². The Hall–Kier alpha value is -0.910. The van der Waals surface area contributed by atoms with E-state index in [2.05, 4.69) is 18.2 Å². The predicted octanol–water partition coefficient (Wildman–Crippen LogP) is 1.94. The Bertz CT molecular complexity index is 184. The highest BCUT2D eigenvalue weighted by molar-refractivity contribution is 5.80. The van der Waals surface area contributed by atoms with Crippen molar-refractivity contribution in [1.29, 1.82) is 0 Å². The average Bonchev–Trinajstić information content (AvgIpc) is 2.45. The van der Waals surface area contributed by atoms with E-state index in [1.807, 2.05) is 0 Å². The Morgan fingerprint density at radius 3 is 2.16 bits per heavy atom. The molecule has 0 heterocycles. The maximum absolute atomic E-state index is 9.84. The lowest BCUT2D eigenvalue weighted by molar-refractivity contribution is -0.134. The molecule has 0 amide bonds. The second-order valence-corrected chi connectivity index (χ2v) is 3.74. The molecule has 0 aromatic heterocycles. The van der Waals surface area contributed by atoms with E-state index in [0.717, 1.165) is 19.1 Å². The van der Waals surface area contributed by atoms with E-state index in [-0.39, 0.29) is 6.61 Å². The fraction of sp³-hybridized carbons (Fsp3) is 0.786. The summed E-state index contributed by atoms with van der Waals surface area (Å²) in [5.41, 5.74) is 0. The SMILES string of the molecule is C=CC(=O)OC.CCCCCCOCCOCCO.